The van der Waals surface area contributed by atoms with Crippen LogP contribution in [0, 0.1) is 5.92 Å². The number of aliphatic hydroxyl groups is 1. The molecule has 0 spiro atoms. The second-order valence-electron chi connectivity index (χ2n) is 4.15. The van der Waals surface area contributed by atoms with Crippen LogP contribution in [0.15, 0.2) is 11.6 Å². The first kappa shape index (κ1) is 12.6. The molecule has 1 N–H and O–H groups in total. The third-order valence-corrected chi connectivity index (χ3v) is 2.97. The molecule has 1 aliphatic carbocycles. The summed E-state index contributed by atoms with van der Waals surface area (Å²) >= 11 is 0. The third-order valence-electron chi connectivity index (χ3n) is 2.97. The van der Waals surface area contributed by atoms with E-state index in [1.807, 2.05) is 6.08 Å². The molecule has 1 nitrogen and oxygen atoms in total. The van der Waals surface area contributed by atoms with Crippen molar-refractivity contribution in [3.05, 3.63) is 11.6 Å². The maximum absolute atomic E-state index is 12.3. The molecule has 0 unspecified atom stereocenters. The molecule has 0 saturated carbocycles. The number of halogens is 3. The van der Waals surface area contributed by atoms with Crippen molar-refractivity contribution in [2.24, 2.45) is 5.92 Å². The van der Waals surface area contributed by atoms with Gasteiger partial charge in [-0.3, -0.25) is 0 Å². The molecule has 0 fully saturated rings. The lowest BCUT2D eigenvalue weighted by molar-refractivity contribution is -0.214. The Morgan fingerprint density at radius 3 is 2.53 bits per heavy atom. The number of rotatable bonds is 2. The summed E-state index contributed by atoms with van der Waals surface area (Å²) in [5.41, 5.74) is 0.761. The van der Waals surface area contributed by atoms with Gasteiger partial charge in [0.1, 0.15) is 0 Å². The van der Waals surface area contributed by atoms with Crippen molar-refractivity contribution in [2.45, 2.75) is 51.3 Å². The predicted octanol–water partition coefficient (Wildman–Crippen LogP) is 3.44. The van der Waals surface area contributed by atoms with E-state index in [2.05, 4.69) is 0 Å². The highest BCUT2D eigenvalue weighted by Gasteiger charge is 2.42. The average Bonchev–Trinajstić information content (AvgIpc) is 2.42. The summed E-state index contributed by atoms with van der Waals surface area (Å²) in [4.78, 5) is 0. The molecule has 2 atom stereocenters. The van der Waals surface area contributed by atoms with Gasteiger partial charge in [0.25, 0.3) is 0 Å². The average molecular weight is 222 g/mol. The topological polar surface area (TPSA) is 20.2 Å². The van der Waals surface area contributed by atoms with Gasteiger partial charge in [-0.05, 0) is 25.7 Å². The minimum atomic E-state index is -4.51. The lowest BCUT2D eigenvalue weighted by Crippen LogP contribution is -2.35. The number of alkyl halides is 3. The monoisotopic (exact) mass is 222 g/mol. The number of hydrogen-bond acceptors (Lipinski definition) is 1. The zero-order valence-corrected chi connectivity index (χ0v) is 8.85. The van der Waals surface area contributed by atoms with Crippen LogP contribution in [0.3, 0.4) is 0 Å². The molecule has 1 rings (SSSR count). The maximum Gasteiger partial charge on any atom is 0.414 e. The Bertz CT molecular complexity index is 232. The molecule has 0 bridgehead atoms. The molecule has 0 aromatic heterocycles. The Labute approximate surface area is 88.0 Å². The summed E-state index contributed by atoms with van der Waals surface area (Å²) in [6, 6.07) is 0. The Morgan fingerprint density at radius 1 is 1.27 bits per heavy atom. The first-order valence-corrected chi connectivity index (χ1v) is 5.36. The molecule has 1 aliphatic rings. The van der Waals surface area contributed by atoms with Crippen LogP contribution >= 0.6 is 0 Å². The number of aliphatic hydroxyl groups excluding tert-OH is 1. The highest BCUT2D eigenvalue weighted by molar-refractivity contribution is 5.09. The SMILES string of the molecule is C[C@@H](C1=CCCCCC1)[C@@H](O)C(F)(F)F. The van der Waals surface area contributed by atoms with E-state index in [4.69, 9.17) is 5.11 Å². The Hall–Kier alpha value is -0.510. The molecule has 88 valence electrons. The fourth-order valence-electron chi connectivity index (χ4n) is 1.94. The van der Waals surface area contributed by atoms with E-state index in [-0.39, 0.29) is 0 Å². The first-order chi connectivity index (χ1) is 6.93. The summed E-state index contributed by atoms with van der Waals surface area (Å²) in [6.45, 7) is 1.45. The number of hydrogen-bond donors (Lipinski definition) is 1. The summed E-state index contributed by atoms with van der Waals surface area (Å²) in [5.74, 6) is -0.803. The normalized spacial score (nSPS) is 22.9. The van der Waals surface area contributed by atoms with Gasteiger partial charge >= 0.3 is 6.18 Å². The van der Waals surface area contributed by atoms with Gasteiger partial charge in [-0.1, -0.05) is 25.0 Å². The molecule has 0 radical (unpaired) electrons. The van der Waals surface area contributed by atoms with E-state index < -0.39 is 18.2 Å². The van der Waals surface area contributed by atoms with Crippen molar-refractivity contribution >= 4 is 0 Å². The van der Waals surface area contributed by atoms with Crippen molar-refractivity contribution in [2.75, 3.05) is 0 Å². The molecule has 0 aromatic rings. The minimum absolute atomic E-state index is 0.689. The van der Waals surface area contributed by atoms with Crippen LogP contribution in [0.5, 0.6) is 0 Å². The quantitative estimate of drug-likeness (QED) is 0.709. The van der Waals surface area contributed by atoms with Crippen LogP contribution in [0.2, 0.25) is 0 Å². The second-order valence-corrected chi connectivity index (χ2v) is 4.15. The van der Waals surface area contributed by atoms with E-state index in [0.29, 0.717) is 6.42 Å². The van der Waals surface area contributed by atoms with E-state index in [1.165, 1.54) is 6.92 Å². The van der Waals surface area contributed by atoms with Gasteiger partial charge in [-0.25, -0.2) is 0 Å². The summed E-state index contributed by atoms with van der Waals surface area (Å²) in [5, 5.41) is 9.13. The second kappa shape index (κ2) is 5.01. The third kappa shape index (κ3) is 3.52. The van der Waals surface area contributed by atoms with E-state index in [9.17, 15) is 13.2 Å². The molecule has 0 aromatic carbocycles. The van der Waals surface area contributed by atoms with Gasteiger partial charge in [0.05, 0.1) is 0 Å². The van der Waals surface area contributed by atoms with Crippen LogP contribution < -0.4 is 0 Å². The standard InChI is InChI=1S/C11H17F3O/c1-8(10(15)11(12,13)14)9-6-4-2-3-5-7-9/h6,8,10,15H,2-5,7H2,1H3/t8-,10+/m0/s1. The lowest BCUT2D eigenvalue weighted by atomic mass is 9.91. The maximum atomic E-state index is 12.3. The van der Waals surface area contributed by atoms with Gasteiger partial charge in [0.2, 0.25) is 0 Å². The van der Waals surface area contributed by atoms with Crippen LogP contribution in [0.4, 0.5) is 13.2 Å². The van der Waals surface area contributed by atoms with Crippen LogP contribution in [0.1, 0.15) is 39.0 Å². The smallest absolute Gasteiger partial charge is 0.383 e. The highest BCUT2D eigenvalue weighted by Crippen LogP contribution is 2.32. The van der Waals surface area contributed by atoms with Crippen molar-refractivity contribution in [1.82, 2.24) is 0 Å². The van der Waals surface area contributed by atoms with Crippen molar-refractivity contribution in [3.8, 4) is 0 Å². The summed E-state index contributed by atoms with van der Waals surface area (Å²) < 4.78 is 36.8. The molecule has 0 aliphatic heterocycles. The molecule has 0 amide bonds. The largest absolute Gasteiger partial charge is 0.414 e. The van der Waals surface area contributed by atoms with Gasteiger partial charge in [-0.2, -0.15) is 13.2 Å². The molecular formula is C11H17F3O. The molecule has 0 saturated heterocycles. The minimum Gasteiger partial charge on any atom is -0.383 e. The lowest BCUT2D eigenvalue weighted by Gasteiger charge is -2.23. The first-order valence-electron chi connectivity index (χ1n) is 5.36. The van der Waals surface area contributed by atoms with Gasteiger partial charge in [-0.15, -0.1) is 0 Å². The van der Waals surface area contributed by atoms with E-state index >= 15 is 0 Å². The van der Waals surface area contributed by atoms with Crippen LogP contribution in [-0.2, 0) is 0 Å². The molecule has 4 heteroatoms. The zero-order valence-electron chi connectivity index (χ0n) is 8.85. The van der Waals surface area contributed by atoms with E-state index in [0.717, 1.165) is 31.3 Å². The van der Waals surface area contributed by atoms with Crippen LogP contribution in [-0.4, -0.2) is 17.4 Å². The predicted molar refractivity (Wildman–Crippen MR) is 52.4 cm³/mol. The fourth-order valence-corrected chi connectivity index (χ4v) is 1.94. The molecular weight excluding hydrogens is 205 g/mol. The Morgan fingerprint density at radius 2 is 1.93 bits per heavy atom. The highest BCUT2D eigenvalue weighted by atomic mass is 19.4. The van der Waals surface area contributed by atoms with E-state index in [1.54, 1.807) is 0 Å². The summed E-state index contributed by atoms with van der Waals surface area (Å²) in [7, 11) is 0. The van der Waals surface area contributed by atoms with Gasteiger partial charge in [0.15, 0.2) is 6.10 Å². The van der Waals surface area contributed by atoms with Crippen molar-refractivity contribution in [1.29, 1.82) is 0 Å². The van der Waals surface area contributed by atoms with Crippen molar-refractivity contribution < 1.29 is 18.3 Å². The molecule has 0 heterocycles. The fraction of sp³-hybridized carbons (Fsp3) is 0.818. The van der Waals surface area contributed by atoms with Crippen molar-refractivity contribution in [3.63, 3.8) is 0 Å². The van der Waals surface area contributed by atoms with Gasteiger partial charge in [0, 0.05) is 5.92 Å². The van der Waals surface area contributed by atoms with Gasteiger partial charge < -0.3 is 5.11 Å². The molecule has 15 heavy (non-hydrogen) atoms. The van der Waals surface area contributed by atoms with Crippen LogP contribution in [0.25, 0.3) is 0 Å². The Balaban J connectivity index is 2.65. The Kier molecular flexibility index (Phi) is 4.20. The summed E-state index contributed by atoms with van der Waals surface area (Å²) in [6.07, 6.45) is -0.298. The zero-order chi connectivity index (χ0) is 11.5. The number of allylic oxidation sites excluding steroid dienone is 1.